The van der Waals surface area contributed by atoms with E-state index >= 15 is 0 Å². The van der Waals surface area contributed by atoms with Crippen LogP contribution in [0, 0.1) is 11.8 Å². The van der Waals surface area contributed by atoms with Gasteiger partial charge in [-0.2, -0.15) is 0 Å². The number of thioether (sulfide) groups is 1. The Morgan fingerprint density at radius 2 is 1.79 bits per heavy atom. The number of nitrogens with zero attached hydrogens (tertiary/aromatic N) is 2. The molecule has 0 aromatic heterocycles. The second-order valence-electron chi connectivity index (χ2n) is 8.09. The summed E-state index contributed by atoms with van der Waals surface area (Å²) < 4.78 is 5.40. The molecule has 0 radical (unpaired) electrons. The Bertz CT molecular complexity index is 628. The standard InChI is InChI=1S/C20H32N4O4S/c1-24-10-13-29-20(24)23-22-19(27)17(25)16(14-8-11-28-12-9-14)21-18(26)15-6-4-2-3-5-7-15/h14-16H,2-13H2,1H3,(H,21,26)(H,22,27)/b23-20-. The van der Waals surface area contributed by atoms with Gasteiger partial charge in [0.15, 0.2) is 5.17 Å². The third-order valence-electron chi connectivity index (χ3n) is 6.00. The zero-order valence-electron chi connectivity index (χ0n) is 17.2. The largest absolute Gasteiger partial charge is 0.381 e. The highest BCUT2D eigenvalue weighted by molar-refractivity contribution is 8.14. The van der Waals surface area contributed by atoms with Crippen LogP contribution in [0.3, 0.4) is 0 Å². The molecule has 9 heteroatoms. The van der Waals surface area contributed by atoms with Gasteiger partial charge < -0.3 is 15.0 Å². The lowest BCUT2D eigenvalue weighted by Crippen LogP contribution is -2.53. The molecule has 1 saturated carbocycles. The summed E-state index contributed by atoms with van der Waals surface area (Å²) in [6.45, 7) is 1.94. The topological polar surface area (TPSA) is 100 Å². The zero-order valence-corrected chi connectivity index (χ0v) is 18.0. The van der Waals surface area contributed by atoms with E-state index in [0.29, 0.717) is 31.2 Å². The molecule has 3 aliphatic rings. The normalized spacial score (nSPS) is 24.2. The minimum atomic E-state index is -0.816. The van der Waals surface area contributed by atoms with Gasteiger partial charge in [0, 0.05) is 38.5 Å². The van der Waals surface area contributed by atoms with Crippen LogP contribution < -0.4 is 10.7 Å². The summed E-state index contributed by atoms with van der Waals surface area (Å²) >= 11 is 1.54. The molecule has 3 rings (SSSR count). The van der Waals surface area contributed by atoms with E-state index in [2.05, 4.69) is 15.8 Å². The summed E-state index contributed by atoms with van der Waals surface area (Å²) in [6, 6.07) is -0.816. The summed E-state index contributed by atoms with van der Waals surface area (Å²) in [6.07, 6.45) is 7.40. The second kappa shape index (κ2) is 11.0. The van der Waals surface area contributed by atoms with Crippen molar-refractivity contribution in [2.45, 2.75) is 57.4 Å². The first kappa shape index (κ1) is 22.1. The maximum absolute atomic E-state index is 13.0. The van der Waals surface area contributed by atoms with E-state index in [9.17, 15) is 14.4 Å². The van der Waals surface area contributed by atoms with Crippen LogP contribution in [-0.4, -0.2) is 66.3 Å². The number of rotatable bonds is 6. The zero-order chi connectivity index (χ0) is 20.6. The molecule has 2 heterocycles. The van der Waals surface area contributed by atoms with E-state index in [1.54, 1.807) is 0 Å². The van der Waals surface area contributed by atoms with Crippen LogP contribution in [0.15, 0.2) is 5.10 Å². The van der Waals surface area contributed by atoms with Crippen LogP contribution >= 0.6 is 11.8 Å². The maximum atomic E-state index is 13.0. The summed E-state index contributed by atoms with van der Waals surface area (Å²) in [5.74, 6) is -0.736. The molecule has 1 unspecified atom stereocenters. The molecule has 3 fully saturated rings. The molecule has 2 saturated heterocycles. The highest BCUT2D eigenvalue weighted by Gasteiger charge is 2.36. The van der Waals surface area contributed by atoms with Gasteiger partial charge in [0.25, 0.3) is 0 Å². The van der Waals surface area contributed by atoms with Crippen molar-refractivity contribution in [1.82, 2.24) is 15.6 Å². The van der Waals surface area contributed by atoms with Gasteiger partial charge in [-0.3, -0.25) is 14.4 Å². The number of ether oxygens (including phenoxy) is 1. The van der Waals surface area contributed by atoms with Crippen LogP contribution in [-0.2, 0) is 19.1 Å². The Kier molecular flexibility index (Phi) is 8.35. The van der Waals surface area contributed by atoms with E-state index in [1.165, 1.54) is 11.8 Å². The van der Waals surface area contributed by atoms with Crippen molar-refractivity contribution in [3.63, 3.8) is 0 Å². The molecule has 2 N–H and O–H groups in total. The van der Waals surface area contributed by atoms with Gasteiger partial charge in [0.05, 0.1) is 0 Å². The summed E-state index contributed by atoms with van der Waals surface area (Å²) in [5.41, 5.74) is 2.39. The molecule has 29 heavy (non-hydrogen) atoms. The maximum Gasteiger partial charge on any atom is 0.309 e. The van der Waals surface area contributed by atoms with Gasteiger partial charge >= 0.3 is 5.91 Å². The van der Waals surface area contributed by atoms with Gasteiger partial charge in [0.1, 0.15) is 6.04 Å². The van der Waals surface area contributed by atoms with Gasteiger partial charge in [-0.1, -0.05) is 37.4 Å². The molecule has 0 aromatic rings. The van der Waals surface area contributed by atoms with Gasteiger partial charge in [-0.15, -0.1) is 5.10 Å². The van der Waals surface area contributed by atoms with E-state index < -0.39 is 17.7 Å². The molecule has 1 aliphatic carbocycles. The number of amides is 2. The lowest BCUT2D eigenvalue weighted by molar-refractivity contribution is -0.142. The minimum absolute atomic E-state index is 0.0699. The van der Waals surface area contributed by atoms with Crippen molar-refractivity contribution < 1.29 is 19.1 Å². The molecule has 0 spiro atoms. The molecular formula is C20H32N4O4S. The van der Waals surface area contributed by atoms with E-state index in [4.69, 9.17) is 4.74 Å². The number of Topliss-reactive ketones (excluding diaryl/α,β-unsaturated/α-hetero) is 1. The SMILES string of the molecule is CN1CCS/C1=N\NC(=O)C(=O)C(NC(=O)C1CCCCCC1)C1CCOCC1. The number of ketones is 1. The smallest absolute Gasteiger partial charge is 0.309 e. The van der Waals surface area contributed by atoms with Crippen molar-refractivity contribution >= 4 is 34.5 Å². The Labute approximate surface area is 176 Å². The number of amidine groups is 1. The fraction of sp³-hybridized carbons (Fsp3) is 0.800. The predicted molar refractivity (Wildman–Crippen MR) is 112 cm³/mol. The summed E-state index contributed by atoms with van der Waals surface area (Å²) in [4.78, 5) is 40.3. The van der Waals surface area contributed by atoms with E-state index in [-0.39, 0.29) is 17.7 Å². The van der Waals surface area contributed by atoms with Gasteiger partial charge in [-0.25, -0.2) is 5.43 Å². The highest BCUT2D eigenvalue weighted by atomic mass is 32.2. The number of hydrazone groups is 1. The molecule has 1 atom stereocenters. The fourth-order valence-corrected chi connectivity index (χ4v) is 5.12. The van der Waals surface area contributed by atoms with Crippen LogP contribution in [0.2, 0.25) is 0 Å². The van der Waals surface area contributed by atoms with Crippen LogP contribution in [0.25, 0.3) is 0 Å². The van der Waals surface area contributed by atoms with Crippen molar-refractivity contribution in [3.05, 3.63) is 0 Å². The van der Waals surface area contributed by atoms with Crippen molar-refractivity contribution in [1.29, 1.82) is 0 Å². The van der Waals surface area contributed by atoms with Gasteiger partial charge in [-0.05, 0) is 31.6 Å². The number of hydrogen-bond donors (Lipinski definition) is 2. The molecule has 2 amide bonds. The van der Waals surface area contributed by atoms with Gasteiger partial charge in [0.2, 0.25) is 11.7 Å². The average Bonchev–Trinajstić information content (AvgIpc) is 2.97. The molecule has 0 aromatic carbocycles. The Morgan fingerprint density at radius 1 is 1.10 bits per heavy atom. The quantitative estimate of drug-likeness (QED) is 0.381. The highest BCUT2D eigenvalue weighted by Crippen LogP contribution is 2.25. The van der Waals surface area contributed by atoms with Crippen LogP contribution in [0.1, 0.15) is 51.4 Å². The van der Waals surface area contributed by atoms with Crippen molar-refractivity contribution in [2.75, 3.05) is 32.6 Å². The predicted octanol–water partition coefficient (Wildman–Crippen LogP) is 1.50. The molecule has 0 bridgehead atoms. The third kappa shape index (κ3) is 6.18. The minimum Gasteiger partial charge on any atom is -0.381 e. The van der Waals surface area contributed by atoms with Crippen molar-refractivity contribution in [2.24, 2.45) is 16.9 Å². The Hall–Kier alpha value is -1.61. The third-order valence-corrected chi connectivity index (χ3v) is 7.05. The number of carbonyl (C=O) groups excluding carboxylic acids is 3. The molecular weight excluding hydrogens is 392 g/mol. The lowest BCUT2D eigenvalue weighted by Gasteiger charge is -2.30. The van der Waals surface area contributed by atoms with E-state index in [1.807, 2.05) is 11.9 Å². The van der Waals surface area contributed by atoms with Crippen LogP contribution in [0.4, 0.5) is 0 Å². The number of hydrogen-bond acceptors (Lipinski definition) is 6. The lowest BCUT2D eigenvalue weighted by atomic mass is 9.87. The molecule has 162 valence electrons. The summed E-state index contributed by atoms with van der Waals surface area (Å²) in [5, 5.41) is 7.71. The Morgan fingerprint density at radius 3 is 2.41 bits per heavy atom. The number of carbonyl (C=O) groups is 3. The fourth-order valence-electron chi connectivity index (χ4n) is 4.15. The average molecular weight is 425 g/mol. The first-order valence-electron chi connectivity index (χ1n) is 10.7. The van der Waals surface area contributed by atoms with E-state index in [0.717, 1.165) is 50.8 Å². The van der Waals surface area contributed by atoms with Crippen LogP contribution in [0.5, 0.6) is 0 Å². The second-order valence-corrected chi connectivity index (χ2v) is 9.16. The first-order chi connectivity index (χ1) is 14.1. The Balaban J connectivity index is 1.65. The first-order valence-corrected chi connectivity index (χ1v) is 11.7. The molecule has 8 nitrogen and oxygen atoms in total. The molecule has 2 aliphatic heterocycles. The monoisotopic (exact) mass is 424 g/mol. The number of nitrogens with one attached hydrogen (secondary N) is 2. The van der Waals surface area contributed by atoms with Crippen molar-refractivity contribution in [3.8, 4) is 0 Å². The summed E-state index contributed by atoms with van der Waals surface area (Å²) in [7, 11) is 1.89.